The summed E-state index contributed by atoms with van der Waals surface area (Å²) in [4.78, 5) is 11.4. The van der Waals surface area contributed by atoms with Crippen LogP contribution in [0.4, 0.5) is 14.7 Å². The molecule has 0 spiro atoms. The van der Waals surface area contributed by atoms with Crippen molar-refractivity contribution in [1.29, 1.82) is 0 Å². The molecular weight excluding hydrogens is 414 g/mol. The second kappa shape index (κ2) is 7.40. The Labute approximate surface area is 170 Å². The van der Waals surface area contributed by atoms with Crippen LogP contribution >= 0.6 is 35.7 Å². The molecule has 27 heavy (non-hydrogen) atoms. The maximum atomic E-state index is 14.3. The van der Waals surface area contributed by atoms with Gasteiger partial charge in [0.05, 0.1) is 11.7 Å². The molecule has 1 unspecified atom stereocenters. The molecule has 0 saturated carbocycles. The van der Waals surface area contributed by atoms with Crippen LogP contribution in [0.1, 0.15) is 24.4 Å². The van der Waals surface area contributed by atoms with E-state index in [1.807, 2.05) is 11.0 Å². The molecular formula is C16H21ClF2N6S2. The standard InChI is InChI=1S/C16H20F2N6S2.ClH/c1-15(2,18)12-10(17)5-20-14(22-12)24-6-9-7-25-13(19)23-16(9,8-24)11-3-4-21-26-11;/h3-5,9,13,23H,6-8,19H2,1-2H3;1H/t9-,13?,16-;/m0./s1. The molecule has 0 radical (unpaired) electrons. The normalized spacial score (nSPS) is 28.0. The topological polar surface area (TPSA) is 80.0 Å². The van der Waals surface area contributed by atoms with E-state index in [4.69, 9.17) is 5.73 Å². The van der Waals surface area contributed by atoms with Crippen LogP contribution in [-0.2, 0) is 11.2 Å². The Balaban J connectivity index is 0.00000210. The summed E-state index contributed by atoms with van der Waals surface area (Å²) in [6, 6.07) is 2.00. The zero-order chi connectivity index (χ0) is 18.5. The van der Waals surface area contributed by atoms with E-state index in [1.54, 1.807) is 18.0 Å². The van der Waals surface area contributed by atoms with Crippen LogP contribution < -0.4 is 16.0 Å². The number of fused-ring (bicyclic) bond motifs is 1. The first kappa shape index (κ1) is 20.7. The van der Waals surface area contributed by atoms with Crippen LogP contribution in [0, 0.1) is 11.7 Å². The minimum absolute atomic E-state index is 0. The summed E-state index contributed by atoms with van der Waals surface area (Å²) in [7, 11) is 0. The van der Waals surface area contributed by atoms with E-state index < -0.39 is 11.5 Å². The van der Waals surface area contributed by atoms with Crippen LogP contribution in [-0.4, -0.2) is 38.7 Å². The van der Waals surface area contributed by atoms with Gasteiger partial charge in [-0.05, 0) is 31.4 Å². The highest BCUT2D eigenvalue weighted by Crippen LogP contribution is 2.44. The van der Waals surface area contributed by atoms with Crippen LogP contribution in [0.25, 0.3) is 0 Å². The number of alkyl halides is 1. The van der Waals surface area contributed by atoms with Gasteiger partial charge in [0.1, 0.15) is 16.9 Å². The fourth-order valence-corrected chi connectivity index (χ4v) is 5.60. The Bertz CT molecular complexity index is 803. The van der Waals surface area contributed by atoms with E-state index in [-0.39, 0.29) is 35.1 Å². The van der Waals surface area contributed by atoms with Crippen molar-refractivity contribution in [3.05, 3.63) is 34.8 Å². The van der Waals surface area contributed by atoms with Crippen LogP contribution in [0.5, 0.6) is 0 Å². The van der Waals surface area contributed by atoms with E-state index in [0.29, 0.717) is 19.0 Å². The van der Waals surface area contributed by atoms with Gasteiger partial charge in [0.15, 0.2) is 5.82 Å². The number of nitrogens with one attached hydrogen (secondary N) is 1. The summed E-state index contributed by atoms with van der Waals surface area (Å²) in [5.74, 6) is 0.755. The maximum Gasteiger partial charge on any atom is 0.225 e. The number of nitrogens with two attached hydrogens (primary N) is 1. The minimum Gasteiger partial charge on any atom is -0.338 e. The van der Waals surface area contributed by atoms with Gasteiger partial charge >= 0.3 is 0 Å². The lowest BCUT2D eigenvalue weighted by Crippen LogP contribution is -2.58. The smallest absolute Gasteiger partial charge is 0.225 e. The largest absolute Gasteiger partial charge is 0.338 e. The number of hydrogen-bond acceptors (Lipinski definition) is 8. The molecule has 2 aromatic heterocycles. The van der Waals surface area contributed by atoms with Crippen molar-refractivity contribution in [3.63, 3.8) is 0 Å². The molecule has 4 heterocycles. The predicted octanol–water partition coefficient (Wildman–Crippen LogP) is 2.61. The maximum absolute atomic E-state index is 14.3. The Morgan fingerprint density at radius 3 is 2.89 bits per heavy atom. The quantitative estimate of drug-likeness (QED) is 0.768. The fraction of sp³-hybridized carbons (Fsp3) is 0.562. The second-order valence-corrected chi connectivity index (χ2v) is 9.17. The highest BCUT2D eigenvalue weighted by Gasteiger charge is 2.52. The lowest BCUT2D eigenvalue weighted by Gasteiger charge is -2.41. The molecule has 2 fully saturated rings. The molecule has 0 aromatic carbocycles. The molecule has 0 amide bonds. The third-order valence-electron chi connectivity index (χ3n) is 4.91. The average Bonchev–Trinajstić information content (AvgIpc) is 3.22. The first-order valence-electron chi connectivity index (χ1n) is 8.32. The number of nitrogens with zero attached hydrogens (tertiary/aromatic N) is 4. The van der Waals surface area contributed by atoms with Gasteiger partial charge in [0.2, 0.25) is 5.95 Å². The average molecular weight is 435 g/mol. The van der Waals surface area contributed by atoms with E-state index in [1.165, 1.54) is 25.4 Å². The lowest BCUT2D eigenvalue weighted by molar-refractivity contribution is 0.205. The third kappa shape index (κ3) is 3.65. The molecule has 3 atom stereocenters. The zero-order valence-corrected chi connectivity index (χ0v) is 17.3. The monoisotopic (exact) mass is 434 g/mol. The summed E-state index contributed by atoms with van der Waals surface area (Å²) in [5.41, 5.74) is 3.53. The van der Waals surface area contributed by atoms with Gasteiger partial charge in [-0.2, -0.15) is 0 Å². The first-order chi connectivity index (χ1) is 12.3. The number of aromatic nitrogens is 3. The van der Waals surface area contributed by atoms with Crippen molar-refractivity contribution in [2.75, 3.05) is 23.7 Å². The molecule has 4 rings (SSSR count). The van der Waals surface area contributed by atoms with Crippen molar-refractivity contribution in [2.45, 2.75) is 30.6 Å². The van der Waals surface area contributed by atoms with E-state index in [2.05, 4.69) is 19.7 Å². The third-order valence-corrected chi connectivity index (χ3v) is 6.91. The summed E-state index contributed by atoms with van der Waals surface area (Å²) in [6.07, 6.45) is 2.83. The number of anilines is 1. The predicted molar refractivity (Wildman–Crippen MR) is 106 cm³/mol. The Morgan fingerprint density at radius 1 is 1.44 bits per heavy atom. The molecule has 0 bridgehead atoms. The molecule has 6 nitrogen and oxygen atoms in total. The molecule has 148 valence electrons. The van der Waals surface area contributed by atoms with Crippen molar-refractivity contribution in [3.8, 4) is 0 Å². The number of hydrogen-bond donors (Lipinski definition) is 2. The lowest BCUT2D eigenvalue weighted by atomic mass is 9.86. The van der Waals surface area contributed by atoms with Gasteiger partial charge in [-0.15, -0.1) is 24.2 Å². The second-order valence-electron chi connectivity index (χ2n) is 7.16. The van der Waals surface area contributed by atoms with Crippen molar-refractivity contribution in [1.82, 2.24) is 19.7 Å². The summed E-state index contributed by atoms with van der Waals surface area (Å²) in [5, 5.41) is 3.52. The fourth-order valence-electron chi connectivity index (χ4n) is 3.67. The number of rotatable bonds is 3. The minimum atomic E-state index is -1.87. The van der Waals surface area contributed by atoms with Gasteiger partial charge in [-0.1, -0.05) is 0 Å². The molecule has 2 aliphatic rings. The Kier molecular flexibility index (Phi) is 5.66. The summed E-state index contributed by atoms with van der Waals surface area (Å²) >= 11 is 3.10. The number of thioether (sulfide) groups is 1. The van der Waals surface area contributed by atoms with Crippen molar-refractivity contribution < 1.29 is 8.78 Å². The zero-order valence-electron chi connectivity index (χ0n) is 14.9. The van der Waals surface area contributed by atoms with Gasteiger partial charge in [0.25, 0.3) is 0 Å². The molecule has 2 aromatic rings. The highest BCUT2D eigenvalue weighted by atomic mass is 35.5. The molecule has 3 N–H and O–H groups in total. The summed E-state index contributed by atoms with van der Waals surface area (Å²) in [6.45, 7) is 3.85. The molecule has 2 saturated heterocycles. The van der Waals surface area contributed by atoms with Gasteiger partial charge < -0.3 is 10.6 Å². The highest BCUT2D eigenvalue weighted by molar-refractivity contribution is 7.99. The van der Waals surface area contributed by atoms with Gasteiger partial charge in [-0.25, -0.2) is 23.1 Å². The van der Waals surface area contributed by atoms with Crippen LogP contribution in [0.3, 0.4) is 0 Å². The van der Waals surface area contributed by atoms with Crippen molar-refractivity contribution in [2.24, 2.45) is 11.7 Å². The van der Waals surface area contributed by atoms with E-state index in [0.717, 1.165) is 16.8 Å². The van der Waals surface area contributed by atoms with Crippen LogP contribution in [0.15, 0.2) is 18.5 Å². The van der Waals surface area contributed by atoms with E-state index >= 15 is 0 Å². The molecule has 0 aliphatic carbocycles. The van der Waals surface area contributed by atoms with Gasteiger partial charge in [0, 0.05) is 35.8 Å². The molecule has 2 aliphatic heterocycles. The Morgan fingerprint density at radius 2 is 2.22 bits per heavy atom. The van der Waals surface area contributed by atoms with Crippen LogP contribution in [0.2, 0.25) is 0 Å². The van der Waals surface area contributed by atoms with Gasteiger partial charge in [-0.3, -0.25) is 5.32 Å². The van der Waals surface area contributed by atoms with Crippen molar-refractivity contribution >= 4 is 41.6 Å². The molecule has 11 heteroatoms. The van der Waals surface area contributed by atoms with E-state index in [9.17, 15) is 8.78 Å². The Hall–Kier alpha value is -1.07. The SMILES string of the molecule is CC(C)(F)c1nc(N2C[C@H]3CSC(N)N[C@@]3(c3ccns3)C2)ncc1F.Cl. The number of halogens is 3. The first-order valence-corrected chi connectivity index (χ1v) is 10.1. The summed E-state index contributed by atoms with van der Waals surface area (Å²) < 4.78 is 32.5.